The maximum atomic E-state index is 12.1. The van der Waals surface area contributed by atoms with Crippen LogP contribution < -0.4 is 0 Å². The molecule has 0 aliphatic heterocycles. The minimum atomic E-state index is 0.0707. The van der Waals surface area contributed by atoms with Gasteiger partial charge in [0.05, 0.1) is 6.42 Å². The second kappa shape index (κ2) is 5.75. The van der Waals surface area contributed by atoms with E-state index in [-0.39, 0.29) is 5.78 Å². The van der Waals surface area contributed by atoms with Crippen molar-refractivity contribution in [3.05, 3.63) is 71.2 Å². The molecular formula is C16H12N2OS. The second-order valence-electron chi connectivity index (χ2n) is 4.33. The molecule has 3 aromatic rings. The first-order valence-corrected chi connectivity index (χ1v) is 7.10. The zero-order valence-electron chi connectivity index (χ0n) is 10.7. The van der Waals surface area contributed by atoms with Gasteiger partial charge >= 0.3 is 0 Å². The molecule has 0 unspecified atom stereocenters. The van der Waals surface area contributed by atoms with Gasteiger partial charge in [-0.25, -0.2) is 0 Å². The number of benzene rings is 2. The molecule has 0 saturated carbocycles. The number of ketones is 1. The van der Waals surface area contributed by atoms with E-state index >= 15 is 0 Å². The van der Waals surface area contributed by atoms with Gasteiger partial charge in [0.25, 0.3) is 0 Å². The standard InChI is InChI=1S/C16H12N2OS/c19-14(12-7-3-1-4-8-12)11-15-17-18-16(20-15)13-9-5-2-6-10-13/h1-10H,11H2. The van der Waals surface area contributed by atoms with E-state index in [0.717, 1.165) is 15.6 Å². The molecule has 0 aliphatic carbocycles. The molecule has 0 amide bonds. The lowest BCUT2D eigenvalue weighted by atomic mass is 10.1. The highest BCUT2D eigenvalue weighted by Crippen LogP contribution is 2.23. The van der Waals surface area contributed by atoms with Gasteiger partial charge in [0.1, 0.15) is 10.0 Å². The van der Waals surface area contributed by atoms with Crippen LogP contribution in [0.5, 0.6) is 0 Å². The van der Waals surface area contributed by atoms with Crippen molar-refractivity contribution in [1.29, 1.82) is 0 Å². The van der Waals surface area contributed by atoms with Crippen LogP contribution in [0.3, 0.4) is 0 Å². The summed E-state index contributed by atoms with van der Waals surface area (Å²) >= 11 is 1.47. The molecule has 1 heterocycles. The van der Waals surface area contributed by atoms with Gasteiger partial charge in [-0.1, -0.05) is 72.0 Å². The van der Waals surface area contributed by atoms with E-state index < -0.39 is 0 Å². The molecule has 1 aromatic heterocycles. The lowest BCUT2D eigenvalue weighted by molar-refractivity contribution is 0.0992. The topological polar surface area (TPSA) is 42.9 Å². The average Bonchev–Trinajstić information content (AvgIpc) is 2.97. The van der Waals surface area contributed by atoms with Crippen LogP contribution in [0.15, 0.2) is 60.7 Å². The summed E-state index contributed by atoms with van der Waals surface area (Å²) in [4.78, 5) is 12.1. The van der Waals surface area contributed by atoms with Crippen LogP contribution in [0, 0.1) is 0 Å². The van der Waals surface area contributed by atoms with E-state index in [1.54, 1.807) is 0 Å². The van der Waals surface area contributed by atoms with E-state index in [4.69, 9.17) is 0 Å². The third kappa shape index (κ3) is 2.81. The van der Waals surface area contributed by atoms with Crippen molar-refractivity contribution >= 4 is 17.1 Å². The van der Waals surface area contributed by atoms with E-state index in [0.29, 0.717) is 12.0 Å². The predicted octanol–water partition coefficient (Wildman–Crippen LogP) is 3.63. The molecule has 3 rings (SSSR count). The molecular weight excluding hydrogens is 268 g/mol. The minimum Gasteiger partial charge on any atom is -0.294 e. The molecule has 0 radical (unpaired) electrons. The number of aromatic nitrogens is 2. The van der Waals surface area contributed by atoms with Gasteiger partial charge in [0.2, 0.25) is 0 Å². The lowest BCUT2D eigenvalue weighted by Crippen LogP contribution is -2.02. The third-order valence-electron chi connectivity index (χ3n) is 2.90. The zero-order chi connectivity index (χ0) is 13.8. The summed E-state index contributed by atoms with van der Waals surface area (Å²) in [5, 5.41) is 9.85. The van der Waals surface area contributed by atoms with Gasteiger partial charge in [0, 0.05) is 11.1 Å². The Kier molecular flexibility index (Phi) is 3.65. The van der Waals surface area contributed by atoms with Gasteiger partial charge in [-0.2, -0.15) is 0 Å². The molecule has 98 valence electrons. The monoisotopic (exact) mass is 280 g/mol. The quantitative estimate of drug-likeness (QED) is 0.685. The Bertz CT molecular complexity index is 708. The molecule has 4 heteroatoms. The summed E-state index contributed by atoms with van der Waals surface area (Å²) in [7, 11) is 0. The molecule has 2 aromatic carbocycles. The Balaban J connectivity index is 1.77. The fourth-order valence-electron chi connectivity index (χ4n) is 1.89. The van der Waals surface area contributed by atoms with E-state index in [9.17, 15) is 4.79 Å². The van der Waals surface area contributed by atoms with Crippen LogP contribution >= 0.6 is 11.3 Å². The van der Waals surface area contributed by atoms with Gasteiger partial charge < -0.3 is 0 Å². The number of hydrogen-bond donors (Lipinski definition) is 0. The van der Waals surface area contributed by atoms with Crippen molar-refractivity contribution in [2.24, 2.45) is 0 Å². The molecule has 0 fully saturated rings. The summed E-state index contributed by atoms with van der Waals surface area (Å²) in [6, 6.07) is 19.1. The Morgan fingerprint density at radius 1 is 0.900 bits per heavy atom. The number of rotatable bonds is 4. The zero-order valence-corrected chi connectivity index (χ0v) is 11.5. The van der Waals surface area contributed by atoms with Crippen molar-refractivity contribution < 1.29 is 4.79 Å². The highest BCUT2D eigenvalue weighted by molar-refractivity contribution is 7.14. The van der Waals surface area contributed by atoms with E-state index in [1.165, 1.54) is 11.3 Å². The SMILES string of the molecule is O=C(Cc1nnc(-c2ccccc2)s1)c1ccccc1. The molecule has 0 N–H and O–H groups in total. The number of carbonyl (C=O) groups excluding carboxylic acids is 1. The second-order valence-corrected chi connectivity index (χ2v) is 5.40. The number of hydrogen-bond acceptors (Lipinski definition) is 4. The molecule has 0 spiro atoms. The third-order valence-corrected chi connectivity index (χ3v) is 3.87. The highest BCUT2D eigenvalue weighted by atomic mass is 32.1. The van der Waals surface area contributed by atoms with Crippen LogP contribution in [-0.2, 0) is 6.42 Å². The molecule has 0 aliphatic rings. The number of carbonyl (C=O) groups is 1. The van der Waals surface area contributed by atoms with Crippen molar-refractivity contribution in [2.75, 3.05) is 0 Å². The Morgan fingerprint density at radius 3 is 2.25 bits per heavy atom. The van der Waals surface area contributed by atoms with Gasteiger partial charge in [-0.05, 0) is 0 Å². The van der Waals surface area contributed by atoms with Crippen molar-refractivity contribution in [1.82, 2.24) is 10.2 Å². The van der Waals surface area contributed by atoms with Gasteiger partial charge in [-0.15, -0.1) is 10.2 Å². The van der Waals surface area contributed by atoms with Gasteiger partial charge in [0.15, 0.2) is 5.78 Å². The Hall–Kier alpha value is -2.33. The summed E-state index contributed by atoms with van der Waals surface area (Å²) in [6.07, 6.45) is 0.300. The summed E-state index contributed by atoms with van der Waals surface area (Å²) in [5.74, 6) is 0.0707. The number of Topliss-reactive ketones (excluding diaryl/α,β-unsaturated/α-hetero) is 1. The molecule has 20 heavy (non-hydrogen) atoms. The fraction of sp³-hybridized carbons (Fsp3) is 0.0625. The average molecular weight is 280 g/mol. The molecule has 0 atom stereocenters. The summed E-state index contributed by atoms with van der Waals surface area (Å²) in [6.45, 7) is 0. The van der Waals surface area contributed by atoms with Crippen LogP contribution in [0.25, 0.3) is 10.6 Å². The largest absolute Gasteiger partial charge is 0.294 e. The van der Waals surface area contributed by atoms with Crippen LogP contribution in [0.1, 0.15) is 15.4 Å². The molecule has 3 nitrogen and oxygen atoms in total. The van der Waals surface area contributed by atoms with Crippen molar-refractivity contribution in [3.63, 3.8) is 0 Å². The normalized spacial score (nSPS) is 10.4. The van der Waals surface area contributed by atoms with E-state index in [1.807, 2.05) is 60.7 Å². The predicted molar refractivity (Wildman–Crippen MR) is 79.8 cm³/mol. The van der Waals surface area contributed by atoms with Crippen LogP contribution in [-0.4, -0.2) is 16.0 Å². The maximum Gasteiger partial charge on any atom is 0.169 e. The Morgan fingerprint density at radius 2 is 1.55 bits per heavy atom. The highest BCUT2D eigenvalue weighted by Gasteiger charge is 2.11. The van der Waals surface area contributed by atoms with Crippen molar-refractivity contribution in [3.8, 4) is 10.6 Å². The number of nitrogens with zero attached hydrogens (tertiary/aromatic N) is 2. The van der Waals surface area contributed by atoms with E-state index in [2.05, 4.69) is 10.2 Å². The van der Waals surface area contributed by atoms with Crippen LogP contribution in [0.2, 0.25) is 0 Å². The minimum absolute atomic E-state index is 0.0707. The summed E-state index contributed by atoms with van der Waals surface area (Å²) in [5.41, 5.74) is 1.74. The summed E-state index contributed by atoms with van der Waals surface area (Å²) < 4.78 is 0. The first-order valence-electron chi connectivity index (χ1n) is 6.29. The Labute approximate surface area is 120 Å². The van der Waals surface area contributed by atoms with Gasteiger partial charge in [-0.3, -0.25) is 4.79 Å². The molecule has 0 bridgehead atoms. The lowest BCUT2D eigenvalue weighted by Gasteiger charge is -1.96. The molecule has 0 saturated heterocycles. The smallest absolute Gasteiger partial charge is 0.169 e. The fourth-order valence-corrected chi connectivity index (χ4v) is 2.73. The van der Waals surface area contributed by atoms with Crippen LogP contribution in [0.4, 0.5) is 0 Å². The first kappa shape index (κ1) is 12.7. The maximum absolute atomic E-state index is 12.1. The first-order chi connectivity index (χ1) is 9.83. The van der Waals surface area contributed by atoms with Crippen molar-refractivity contribution in [2.45, 2.75) is 6.42 Å².